The van der Waals surface area contributed by atoms with Crippen LogP contribution in [0.4, 0.5) is 0 Å². The second-order valence-electron chi connectivity index (χ2n) is 10.7. The van der Waals surface area contributed by atoms with Gasteiger partial charge in [0.1, 0.15) is 57.8 Å². The van der Waals surface area contributed by atoms with Gasteiger partial charge in [-0.2, -0.15) is 0 Å². The van der Waals surface area contributed by atoms with Crippen LogP contribution in [0.3, 0.4) is 0 Å². The van der Waals surface area contributed by atoms with Crippen LogP contribution in [-0.2, 0) is 0 Å². The fourth-order valence-corrected chi connectivity index (χ4v) is 14.1. The highest BCUT2D eigenvalue weighted by Crippen LogP contribution is 2.63. The third-order valence-electron chi connectivity index (χ3n) is 8.19. The van der Waals surface area contributed by atoms with E-state index in [0.717, 1.165) is 5.31 Å². The zero-order valence-electron chi connectivity index (χ0n) is 24.6. The van der Waals surface area contributed by atoms with Gasteiger partial charge in [0.15, 0.2) is 0 Å². The molecule has 0 heterocycles. The molecule has 0 fully saturated rings. The van der Waals surface area contributed by atoms with Gasteiger partial charge in [0.2, 0.25) is 0 Å². The second kappa shape index (κ2) is 13.5. The van der Waals surface area contributed by atoms with Crippen LogP contribution in [0.5, 0.6) is 0 Å². The van der Waals surface area contributed by atoms with E-state index < -0.39 is 20.6 Å². The summed E-state index contributed by atoms with van der Waals surface area (Å²) >= 11 is 0. The van der Waals surface area contributed by atoms with E-state index in [1.54, 1.807) is 0 Å². The van der Waals surface area contributed by atoms with Crippen molar-refractivity contribution in [3.63, 3.8) is 0 Å². The molecule has 0 radical (unpaired) electrons. The predicted octanol–water partition coefficient (Wildman–Crippen LogP) is 7.36. The summed E-state index contributed by atoms with van der Waals surface area (Å²) in [6.07, 6.45) is 1.12. The molecule has 44 heavy (non-hydrogen) atoms. The molecule has 0 saturated heterocycles. The van der Waals surface area contributed by atoms with Crippen molar-refractivity contribution in [1.29, 1.82) is 0 Å². The van der Waals surface area contributed by atoms with Gasteiger partial charge in [-0.05, 0) is 78.9 Å². The van der Waals surface area contributed by atoms with Crippen LogP contribution < -0.4 is 31.8 Å². The summed E-state index contributed by atoms with van der Waals surface area (Å²) in [5.41, 5.74) is 0. The summed E-state index contributed by atoms with van der Waals surface area (Å²) in [7, 11) is -4.77. The average Bonchev–Trinajstić information content (AvgIpc) is 3.11. The highest BCUT2D eigenvalue weighted by atomic mass is 31.2. The summed E-state index contributed by atoms with van der Waals surface area (Å²) in [6.45, 7) is 4.74. The highest BCUT2D eigenvalue weighted by Gasteiger charge is 2.51. The third kappa shape index (κ3) is 5.52. The minimum atomic E-state index is -2.48. The van der Waals surface area contributed by atoms with Crippen LogP contribution in [0.15, 0.2) is 206 Å². The van der Waals surface area contributed by atoms with Crippen molar-refractivity contribution in [3.8, 4) is 0 Å². The Morgan fingerprint density at radius 2 is 0.682 bits per heavy atom. The first kappa shape index (κ1) is 29.7. The number of aliphatic hydroxyl groups is 1. The number of hydrogen-bond donors (Lipinski definition) is 1. The molecule has 1 atom stereocenters. The topological polar surface area (TPSA) is 20.2 Å². The average molecular weight is 607 g/mol. The maximum absolute atomic E-state index is 12.3. The smallest absolute Gasteiger partial charge is 0.142 e. The zero-order chi connectivity index (χ0) is 30.2. The summed E-state index contributed by atoms with van der Waals surface area (Å²) < 4.78 is 0. The van der Waals surface area contributed by atoms with E-state index in [9.17, 15) is 5.11 Å². The molecule has 6 rings (SSSR count). The minimum absolute atomic E-state index is 0.810. The normalized spacial score (nSPS) is 12.6. The monoisotopic (exact) mass is 606 g/mol. The van der Waals surface area contributed by atoms with Crippen LogP contribution in [0, 0.1) is 0 Å². The maximum Gasteiger partial charge on any atom is 0.142 e. The van der Waals surface area contributed by atoms with E-state index in [4.69, 9.17) is 6.58 Å². The van der Waals surface area contributed by atoms with Crippen molar-refractivity contribution in [2.45, 2.75) is 6.10 Å². The van der Waals surface area contributed by atoms with Crippen molar-refractivity contribution in [2.24, 2.45) is 0 Å². The predicted molar refractivity (Wildman–Crippen MR) is 195 cm³/mol. The van der Waals surface area contributed by atoms with Gasteiger partial charge in [-0.1, -0.05) is 116 Å². The molecule has 214 valence electrons. The van der Waals surface area contributed by atoms with Crippen molar-refractivity contribution in [3.05, 3.63) is 206 Å². The molecule has 0 bridgehead atoms. The SMILES string of the molecule is C=C(C(O)/C=C/[P+](c1ccccc1)(c1ccccc1)c1ccccc1)[P+](c1ccccc1)(c1ccccc1)c1ccccc1. The Balaban J connectivity index is 1.56. The lowest BCUT2D eigenvalue weighted by Gasteiger charge is -2.30. The molecule has 0 aliphatic carbocycles. The Morgan fingerprint density at radius 1 is 0.432 bits per heavy atom. The second-order valence-corrected chi connectivity index (χ2v) is 17.4. The third-order valence-corrected chi connectivity index (χ3v) is 16.5. The molecule has 6 aromatic rings. The van der Waals surface area contributed by atoms with Gasteiger partial charge in [-0.25, -0.2) is 0 Å². The molecule has 1 unspecified atom stereocenters. The van der Waals surface area contributed by atoms with E-state index >= 15 is 0 Å². The fourth-order valence-electron chi connectivity index (χ4n) is 6.11. The Hall–Kier alpha value is -4.38. The van der Waals surface area contributed by atoms with E-state index in [1.807, 2.05) is 24.3 Å². The highest BCUT2D eigenvalue weighted by molar-refractivity contribution is 7.99. The standard InChI is InChI=1S/C41H36OP2/c1-34(44(38-26-14-5-15-27-38,39-28-16-6-17-29-39)40-30-18-7-19-31-40)41(42)32-33-43(35-20-8-2-9-21-35,36-22-10-3-11-23-36)37-24-12-4-13-25-37/h2-33,41-42H,1H2/q+2/b33-32+. The molecular formula is C41H36OP2+2. The van der Waals surface area contributed by atoms with Crippen LogP contribution >= 0.6 is 14.5 Å². The summed E-state index contributed by atoms with van der Waals surface area (Å²) in [5.74, 6) is 2.29. The molecule has 0 spiro atoms. The molecule has 6 aromatic carbocycles. The van der Waals surface area contributed by atoms with Crippen molar-refractivity contribution < 1.29 is 5.11 Å². The maximum atomic E-state index is 12.3. The Bertz CT molecular complexity index is 1610. The first-order valence-electron chi connectivity index (χ1n) is 14.9. The van der Waals surface area contributed by atoms with E-state index in [1.165, 1.54) is 31.8 Å². The lowest BCUT2D eigenvalue weighted by atomic mass is 10.3. The molecule has 0 amide bonds. The number of hydrogen-bond acceptors (Lipinski definition) is 1. The van der Waals surface area contributed by atoms with Crippen LogP contribution in [-0.4, -0.2) is 11.2 Å². The first-order valence-corrected chi connectivity index (χ1v) is 18.5. The summed E-state index contributed by atoms with van der Waals surface area (Å²) in [6, 6.07) is 63.9. The Morgan fingerprint density at radius 3 is 0.955 bits per heavy atom. The van der Waals surface area contributed by atoms with Crippen molar-refractivity contribution in [2.75, 3.05) is 0 Å². The molecule has 1 nitrogen and oxygen atoms in total. The van der Waals surface area contributed by atoms with Gasteiger partial charge < -0.3 is 5.11 Å². The largest absolute Gasteiger partial charge is 0.381 e. The van der Waals surface area contributed by atoms with Gasteiger partial charge in [-0.15, -0.1) is 0 Å². The fraction of sp³-hybridized carbons (Fsp3) is 0.0244. The Kier molecular flexibility index (Phi) is 9.11. The number of rotatable bonds is 10. The molecule has 0 saturated carbocycles. The van der Waals surface area contributed by atoms with Gasteiger partial charge >= 0.3 is 0 Å². The van der Waals surface area contributed by atoms with Gasteiger partial charge in [0.25, 0.3) is 0 Å². The van der Waals surface area contributed by atoms with Crippen LogP contribution in [0.2, 0.25) is 0 Å². The van der Waals surface area contributed by atoms with E-state index in [0.29, 0.717) is 0 Å². The summed E-state index contributed by atoms with van der Waals surface area (Å²) in [5, 5.41) is 20.3. The quantitative estimate of drug-likeness (QED) is 0.162. The van der Waals surface area contributed by atoms with E-state index in [2.05, 4.69) is 170 Å². The number of aliphatic hydroxyl groups excluding tert-OH is 1. The first-order chi connectivity index (χ1) is 21.7. The molecule has 0 aliphatic heterocycles. The number of benzene rings is 6. The van der Waals surface area contributed by atoms with Crippen molar-refractivity contribution in [1.82, 2.24) is 0 Å². The molecule has 3 heteroatoms. The minimum Gasteiger partial charge on any atom is -0.381 e. The van der Waals surface area contributed by atoms with Crippen molar-refractivity contribution >= 4 is 46.4 Å². The van der Waals surface area contributed by atoms with E-state index in [-0.39, 0.29) is 0 Å². The zero-order valence-corrected chi connectivity index (χ0v) is 26.4. The van der Waals surface area contributed by atoms with Gasteiger partial charge in [0.05, 0.1) is 5.82 Å². The van der Waals surface area contributed by atoms with Gasteiger partial charge in [-0.3, -0.25) is 0 Å². The molecule has 0 aliphatic rings. The van der Waals surface area contributed by atoms with Crippen LogP contribution in [0.25, 0.3) is 0 Å². The molecule has 0 aromatic heterocycles. The summed E-state index contributed by atoms with van der Waals surface area (Å²) in [4.78, 5) is 0. The molecule has 1 N–H and O–H groups in total. The Labute approximate surface area is 262 Å². The van der Waals surface area contributed by atoms with Crippen LogP contribution in [0.1, 0.15) is 0 Å². The molecular weight excluding hydrogens is 570 g/mol. The van der Waals surface area contributed by atoms with Gasteiger partial charge in [0, 0.05) is 0 Å². The lowest BCUT2D eigenvalue weighted by molar-refractivity contribution is 0.268. The lowest BCUT2D eigenvalue weighted by Crippen LogP contribution is -2.35.